The van der Waals surface area contributed by atoms with E-state index in [0.29, 0.717) is 5.75 Å². The van der Waals surface area contributed by atoms with Gasteiger partial charge in [-0.15, -0.1) is 0 Å². The molecule has 0 heterocycles. The van der Waals surface area contributed by atoms with E-state index >= 15 is 0 Å². The molecule has 2 unspecified atom stereocenters. The minimum Gasteiger partial charge on any atom is -0.481 e. The van der Waals surface area contributed by atoms with E-state index in [1.807, 2.05) is 6.92 Å². The van der Waals surface area contributed by atoms with Gasteiger partial charge in [0.15, 0.2) is 0 Å². The summed E-state index contributed by atoms with van der Waals surface area (Å²) in [5, 5.41) is 8.50. The van der Waals surface area contributed by atoms with Crippen LogP contribution in [0.4, 0.5) is 0 Å². The average molecular weight is 177 g/mol. The summed E-state index contributed by atoms with van der Waals surface area (Å²) in [6.45, 7) is 3.62. The monoisotopic (exact) mass is 177 g/mol. The smallest absolute Gasteiger partial charge is 0.307 e. The van der Waals surface area contributed by atoms with Crippen LogP contribution < -0.4 is 5.73 Å². The number of carboxylic acids is 1. The van der Waals surface area contributed by atoms with Gasteiger partial charge >= 0.3 is 5.97 Å². The van der Waals surface area contributed by atoms with Crippen molar-refractivity contribution in [2.45, 2.75) is 19.9 Å². The van der Waals surface area contributed by atoms with Crippen LogP contribution in [-0.4, -0.2) is 28.6 Å². The highest BCUT2D eigenvalue weighted by Crippen LogP contribution is 2.08. The lowest BCUT2D eigenvalue weighted by Gasteiger charge is -2.06. The molecule has 0 aliphatic heterocycles. The molecule has 0 radical (unpaired) electrons. The van der Waals surface area contributed by atoms with E-state index in [-0.39, 0.29) is 12.0 Å². The Balaban J connectivity index is 3.31. The summed E-state index contributed by atoms with van der Waals surface area (Å²) >= 11 is 1.59. The van der Waals surface area contributed by atoms with Gasteiger partial charge in [-0.3, -0.25) is 4.79 Å². The van der Waals surface area contributed by atoms with E-state index in [4.69, 9.17) is 10.8 Å². The quantitative estimate of drug-likeness (QED) is 0.651. The van der Waals surface area contributed by atoms with Crippen molar-refractivity contribution in [2.24, 2.45) is 11.7 Å². The minimum absolute atomic E-state index is 0.154. The zero-order valence-electron chi connectivity index (χ0n) is 6.91. The van der Waals surface area contributed by atoms with Crippen LogP contribution in [0.2, 0.25) is 0 Å². The van der Waals surface area contributed by atoms with Gasteiger partial charge in [-0.1, -0.05) is 6.92 Å². The van der Waals surface area contributed by atoms with Crippen molar-refractivity contribution in [1.29, 1.82) is 0 Å². The normalized spacial score (nSPS) is 15.9. The predicted molar refractivity (Wildman–Crippen MR) is 47.8 cm³/mol. The second-order valence-corrected chi connectivity index (χ2v) is 3.83. The zero-order chi connectivity index (χ0) is 8.85. The van der Waals surface area contributed by atoms with E-state index in [9.17, 15) is 4.79 Å². The van der Waals surface area contributed by atoms with Gasteiger partial charge in [0.2, 0.25) is 0 Å². The largest absolute Gasteiger partial charge is 0.481 e. The maximum atomic E-state index is 10.3. The number of hydrogen-bond acceptors (Lipinski definition) is 3. The molecule has 11 heavy (non-hydrogen) atoms. The molecule has 0 amide bonds. The van der Waals surface area contributed by atoms with Crippen LogP contribution >= 0.6 is 11.8 Å². The Morgan fingerprint density at radius 3 is 2.45 bits per heavy atom. The minimum atomic E-state index is -0.734. The predicted octanol–water partition coefficient (Wildman–Crippen LogP) is 0.788. The molecular formula is C7H15NO2S. The Morgan fingerprint density at radius 2 is 2.09 bits per heavy atom. The molecule has 3 N–H and O–H groups in total. The lowest BCUT2D eigenvalue weighted by atomic mass is 10.2. The van der Waals surface area contributed by atoms with Crippen LogP contribution in [-0.2, 0) is 4.79 Å². The van der Waals surface area contributed by atoms with E-state index in [1.165, 1.54) is 0 Å². The second-order valence-electron chi connectivity index (χ2n) is 2.75. The van der Waals surface area contributed by atoms with Crippen LogP contribution in [0.15, 0.2) is 0 Å². The molecule has 4 heteroatoms. The summed E-state index contributed by atoms with van der Waals surface area (Å²) in [4.78, 5) is 10.3. The van der Waals surface area contributed by atoms with Crippen molar-refractivity contribution in [3.05, 3.63) is 0 Å². The molecule has 0 saturated carbocycles. The van der Waals surface area contributed by atoms with Gasteiger partial charge in [-0.25, -0.2) is 0 Å². The molecule has 0 aliphatic carbocycles. The van der Waals surface area contributed by atoms with Crippen molar-refractivity contribution >= 4 is 17.7 Å². The first-order chi connectivity index (χ1) is 5.04. The lowest BCUT2D eigenvalue weighted by Crippen LogP contribution is -2.19. The molecule has 3 nitrogen and oxygen atoms in total. The van der Waals surface area contributed by atoms with Gasteiger partial charge < -0.3 is 10.8 Å². The molecular weight excluding hydrogens is 162 g/mol. The van der Waals surface area contributed by atoms with Crippen molar-refractivity contribution in [3.8, 4) is 0 Å². The van der Waals surface area contributed by atoms with Gasteiger partial charge in [-0.2, -0.15) is 11.8 Å². The standard InChI is InChI=1S/C7H15NO2S/c1-5(7(9)10)3-11-4-6(2)8/h5-6H,3-4,8H2,1-2H3,(H,9,10). The van der Waals surface area contributed by atoms with Crippen LogP contribution in [0.5, 0.6) is 0 Å². The van der Waals surface area contributed by atoms with Crippen molar-refractivity contribution in [3.63, 3.8) is 0 Å². The number of carbonyl (C=O) groups is 1. The first-order valence-corrected chi connectivity index (χ1v) is 4.75. The fourth-order valence-electron chi connectivity index (χ4n) is 0.502. The van der Waals surface area contributed by atoms with Crippen LogP contribution in [0.1, 0.15) is 13.8 Å². The highest BCUT2D eigenvalue weighted by molar-refractivity contribution is 7.99. The molecule has 2 atom stereocenters. The third-order valence-corrected chi connectivity index (χ3v) is 2.67. The van der Waals surface area contributed by atoms with Gasteiger partial charge in [0.25, 0.3) is 0 Å². The molecule has 0 fully saturated rings. The molecule has 0 bridgehead atoms. The van der Waals surface area contributed by atoms with Gasteiger partial charge in [0.1, 0.15) is 0 Å². The number of thioether (sulfide) groups is 1. The number of rotatable bonds is 5. The Labute approximate surface area is 71.3 Å². The first kappa shape index (κ1) is 10.8. The molecule has 0 aliphatic rings. The number of hydrogen-bond donors (Lipinski definition) is 2. The summed E-state index contributed by atoms with van der Waals surface area (Å²) in [7, 11) is 0. The average Bonchev–Trinajstić information content (AvgIpc) is 1.86. The molecule has 0 saturated heterocycles. The summed E-state index contributed by atoms with van der Waals surface area (Å²) in [5.74, 6) is 0.482. The summed E-state index contributed by atoms with van der Waals surface area (Å²) in [5.41, 5.74) is 5.49. The SMILES string of the molecule is CC(N)CSCC(C)C(=O)O. The Bertz CT molecular complexity index is 128. The highest BCUT2D eigenvalue weighted by atomic mass is 32.2. The molecule has 0 spiro atoms. The Morgan fingerprint density at radius 1 is 1.55 bits per heavy atom. The van der Waals surface area contributed by atoms with Crippen molar-refractivity contribution < 1.29 is 9.90 Å². The number of aliphatic carboxylic acids is 1. The Kier molecular flexibility index (Phi) is 5.32. The van der Waals surface area contributed by atoms with Crippen LogP contribution in [0.25, 0.3) is 0 Å². The fourth-order valence-corrected chi connectivity index (χ4v) is 1.51. The van der Waals surface area contributed by atoms with Crippen LogP contribution in [0, 0.1) is 5.92 Å². The lowest BCUT2D eigenvalue weighted by molar-refractivity contribution is -0.140. The summed E-state index contributed by atoms with van der Waals surface area (Å²) < 4.78 is 0. The first-order valence-electron chi connectivity index (χ1n) is 3.60. The highest BCUT2D eigenvalue weighted by Gasteiger charge is 2.10. The second kappa shape index (κ2) is 5.43. The number of carboxylic acid groups (broad SMARTS) is 1. The van der Waals surface area contributed by atoms with E-state index in [0.717, 1.165) is 5.75 Å². The number of nitrogens with two attached hydrogens (primary N) is 1. The fraction of sp³-hybridized carbons (Fsp3) is 0.857. The van der Waals surface area contributed by atoms with Gasteiger partial charge in [0, 0.05) is 17.5 Å². The van der Waals surface area contributed by atoms with Crippen molar-refractivity contribution in [1.82, 2.24) is 0 Å². The molecule has 0 aromatic rings. The molecule has 66 valence electrons. The summed E-state index contributed by atoms with van der Waals surface area (Å²) in [6, 6.07) is 0.154. The molecule has 0 aromatic heterocycles. The topological polar surface area (TPSA) is 63.3 Å². The maximum Gasteiger partial charge on any atom is 0.307 e. The Hall–Kier alpha value is -0.220. The molecule has 0 rings (SSSR count). The maximum absolute atomic E-state index is 10.3. The van der Waals surface area contributed by atoms with Gasteiger partial charge in [0.05, 0.1) is 5.92 Å². The van der Waals surface area contributed by atoms with E-state index in [2.05, 4.69) is 0 Å². The molecule has 0 aromatic carbocycles. The third-order valence-electron chi connectivity index (χ3n) is 1.17. The third kappa shape index (κ3) is 6.19. The summed E-state index contributed by atoms with van der Waals surface area (Å²) in [6.07, 6.45) is 0. The van der Waals surface area contributed by atoms with Gasteiger partial charge in [-0.05, 0) is 6.92 Å². The van der Waals surface area contributed by atoms with Crippen molar-refractivity contribution in [2.75, 3.05) is 11.5 Å². The van der Waals surface area contributed by atoms with E-state index in [1.54, 1.807) is 18.7 Å². The zero-order valence-corrected chi connectivity index (χ0v) is 7.73. The van der Waals surface area contributed by atoms with E-state index < -0.39 is 5.97 Å². The van der Waals surface area contributed by atoms with Crippen LogP contribution in [0.3, 0.4) is 0 Å².